The number of aromatic nitrogens is 1. The molecule has 0 atom stereocenters. The van der Waals surface area contributed by atoms with Gasteiger partial charge >= 0.3 is 0 Å². The maximum absolute atomic E-state index is 5.32. The fraction of sp³-hybridized carbons (Fsp3) is 0.0286. The van der Waals surface area contributed by atoms with Crippen molar-refractivity contribution in [3.63, 3.8) is 0 Å². The second-order valence-electron chi connectivity index (χ2n) is 9.57. The molecule has 0 saturated carbocycles. The van der Waals surface area contributed by atoms with Crippen molar-refractivity contribution in [3.8, 4) is 11.1 Å². The normalized spacial score (nSPS) is 11.0. The first kappa shape index (κ1) is 26.9. The van der Waals surface area contributed by atoms with E-state index in [1.807, 2.05) is 6.07 Å². The van der Waals surface area contributed by atoms with Crippen LogP contribution in [0, 0.1) is 0 Å². The summed E-state index contributed by atoms with van der Waals surface area (Å²) < 4.78 is 2.55. The van der Waals surface area contributed by atoms with E-state index in [9.17, 15) is 0 Å². The third kappa shape index (κ3) is 4.69. The third-order valence-electron chi connectivity index (χ3n) is 7.30. The summed E-state index contributed by atoms with van der Waals surface area (Å²) in [6, 6.07) is 42.7. The monoisotopic (exact) mass is 625 g/mol. The van der Waals surface area contributed by atoms with Crippen LogP contribution in [0.2, 0.25) is 0 Å². The van der Waals surface area contributed by atoms with Gasteiger partial charge in [-0.05, 0) is 63.0 Å². The minimum absolute atomic E-state index is 0. The van der Waals surface area contributed by atoms with Crippen molar-refractivity contribution in [1.29, 1.82) is 0 Å². The van der Waals surface area contributed by atoms with Crippen LogP contribution in [0.25, 0.3) is 69.2 Å². The maximum Gasteiger partial charge on any atom is 0.0471 e. The molecular formula is C35H24N2S2Y-2. The Balaban J connectivity index is 0.000000150. The van der Waals surface area contributed by atoms with Crippen molar-refractivity contribution < 1.29 is 32.7 Å². The summed E-state index contributed by atoms with van der Waals surface area (Å²) in [7, 11) is 1.80. The zero-order valence-corrected chi connectivity index (χ0v) is 26.4. The maximum atomic E-state index is 5.32. The van der Waals surface area contributed by atoms with Gasteiger partial charge in [-0.15, -0.1) is 24.1 Å². The van der Waals surface area contributed by atoms with Crippen LogP contribution in [0.1, 0.15) is 0 Å². The van der Waals surface area contributed by atoms with Crippen molar-refractivity contribution in [2.24, 2.45) is 0 Å². The molecular weight excluding hydrogens is 601 g/mol. The molecule has 0 aliphatic carbocycles. The number of H-pyrrole nitrogens is 1. The molecule has 0 amide bonds. The summed E-state index contributed by atoms with van der Waals surface area (Å²) in [5.41, 5.74) is 5.85. The Labute approximate surface area is 267 Å². The molecule has 2 heterocycles. The first-order chi connectivity index (χ1) is 19.2. The average molecular weight is 626 g/mol. The Morgan fingerprint density at radius 2 is 1.32 bits per heavy atom. The van der Waals surface area contributed by atoms with E-state index in [0.29, 0.717) is 0 Å². The first-order valence-electron chi connectivity index (χ1n) is 12.9. The number of thiophene rings is 1. The Bertz CT molecular complexity index is 2130. The fourth-order valence-electron chi connectivity index (χ4n) is 5.48. The second-order valence-corrected chi connectivity index (χ2v) is 11.1. The molecule has 0 unspecified atom stereocenters. The van der Waals surface area contributed by atoms with Crippen LogP contribution in [0.5, 0.6) is 0 Å². The van der Waals surface area contributed by atoms with Crippen molar-refractivity contribution >= 4 is 82.4 Å². The van der Waals surface area contributed by atoms with E-state index < -0.39 is 0 Å². The van der Waals surface area contributed by atoms with Gasteiger partial charge in [-0.25, -0.2) is 0 Å². The van der Waals surface area contributed by atoms with E-state index in [1.165, 1.54) is 63.9 Å². The number of fused-ring (bicyclic) bond motifs is 8. The number of rotatable bonds is 2. The third-order valence-corrected chi connectivity index (χ3v) is 8.76. The quantitative estimate of drug-likeness (QED) is 0.190. The summed E-state index contributed by atoms with van der Waals surface area (Å²) >= 11 is 7.11. The molecule has 0 spiro atoms. The Morgan fingerprint density at radius 3 is 2.15 bits per heavy atom. The second kappa shape index (κ2) is 11.3. The van der Waals surface area contributed by atoms with Crippen LogP contribution < -0.4 is 0 Å². The summed E-state index contributed by atoms with van der Waals surface area (Å²) in [4.78, 5) is 4.38. The average Bonchev–Trinajstić information content (AvgIpc) is 3.56. The van der Waals surface area contributed by atoms with E-state index in [1.54, 1.807) is 18.4 Å². The van der Waals surface area contributed by atoms with Crippen LogP contribution in [0.15, 0.2) is 126 Å². The van der Waals surface area contributed by atoms with Gasteiger partial charge < -0.3 is 22.9 Å². The van der Waals surface area contributed by atoms with Crippen LogP contribution in [-0.2, 0) is 45.3 Å². The van der Waals surface area contributed by atoms with Crippen molar-refractivity contribution in [2.45, 2.75) is 4.90 Å². The summed E-state index contributed by atoms with van der Waals surface area (Å²) in [5, 5.41) is 12.0. The van der Waals surface area contributed by atoms with E-state index in [0.717, 1.165) is 10.6 Å². The molecule has 40 heavy (non-hydrogen) atoms. The van der Waals surface area contributed by atoms with E-state index in [2.05, 4.69) is 126 Å². The molecule has 1 radical (unpaired) electrons. The van der Waals surface area contributed by atoms with Gasteiger partial charge in [0.05, 0.1) is 0 Å². The SMILES string of the molecule is C[N-]c1c([S-])ccc2sc3ccccc3c12.[Y].c1ccc(-c2ccc3[nH]c4ccc5ccccc5c4c3c2)cc1. The standard InChI is InChI=1S/C22H15N.C13H10NS2.Y/c1-2-6-15(7-3-1)17-11-12-20-19(14-17)22-18-9-5-4-8-16(18)10-13-21(22)23-20;1-14-13-9(15)6-7-11-12(13)8-4-2-3-5-10(8)16-11;/h1-14,23H;2-7,15H,1H3;/q;-1;/p-1. The molecule has 0 aliphatic heterocycles. The molecule has 2 nitrogen and oxygen atoms in total. The summed E-state index contributed by atoms with van der Waals surface area (Å²) in [6.07, 6.45) is 0. The molecule has 0 fully saturated rings. The van der Waals surface area contributed by atoms with E-state index >= 15 is 0 Å². The largest absolute Gasteiger partial charge is 0.781 e. The van der Waals surface area contributed by atoms with Gasteiger partial charge in [0, 0.05) is 63.9 Å². The minimum Gasteiger partial charge on any atom is -0.781 e. The molecule has 6 aromatic carbocycles. The van der Waals surface area contributed by atoms with Gasteiger partial charge in [0.2, 0.25) is 0 Å². The van der Waals surface area contributed by atoms with E-state index in [-0.39, 0.29) is 32.7 Å². The Kier molecular flexibility index (Phi) is 7.61. The van der Waals surface area contributed by atoms with Crippen LogP contribution in [-0.4, -0.2) is 12.0 Å². The zero-order valence-electron chi connectivity index (χ0n) is 21.9. The molecule has 0 bridgehead atoms. The smallest absolute Gasteiger partial charge is 0.0471 e. The van der Waals surface area contributed by atoms with Gasteiger partial charge in [0.1, 0.15) is 0 Å². The van der Waals surface area contributed by atoms with Crippen LogP contribution >= 0.6 is 11.3 Å². The number of benzene rings is 6. The van der Waals surface area contributed by atoms with Gasteiger partial charge in [-0.1, -0.05) is 91.0 Å². The molecule has 8 rings (SSSR count). The molecule has 5 heteroatoms. The molecule has 0 saturated heterocycles. The number of nitrogens with one attached hydrogen (secondary N) is 1. The van der Waals surface area contributed by atoms with Crippen LogP contribution in [0.4, 0.5) is 5.69 Å². The number of hydrogen-bond acceptors (Lipinski definition) is 2. The first-order valence-corrected chi connectivity index (χ1v) is 14.1. The topological polar surface area (TPSA) is 29.9 Å². The number of aromatic amines is 1. The van der Waals surface area contributed by atoms with Crippen molar-refractivity contribution in [1.82, 2.24) is 4.98 Å². The number of nitrogens with zero attached hydrogens (tertiary/aromatic N) is 1. The zero-order chi connectivity index (χ0) is 26.3. The van der Waals surface area contributed by atoms with Gasteiger partial charge in [-0.3, -0.25) is 0 Å². The fourth-order valence-corrected chi connectivity index (χ4v) is 6.85. The van der Waals surface area contributed by atoms with Crippen molar-refractivity contribution in [3.05, 3.63) is 127 Å². The molecule has 191 valence electrons. The van der Waals surface area contributed by atoms with Gasteiger partial charge in [0.15, 0.2) is 0 Å². The molecule has 0 aliphatic rings. The van der Waals surface area contributed by atoms with Crippen molar-refractivity contribution in [2.75, 3.05) is 7.05 Å². The number of hydrogen-bond donors (Lipinski definition) is 1. The molecule has 8 aromatic rings. The minimum atomic E-state index is 0. The van der Waals surface area contributed by atoms with Crippen LogP contribution in [0.3, 0.4) is 0 Å². The van der Waals surface area contributed by atoms with Gasteiger partial charge in [-0.2, -0.15) is 4.90 Å². The predicted molar refractivity (Wildman–Crippen MR) is 173 cm³/mol. The summed E-state index contributed by atoms with van der Waals surface area (Å²) in [6.45, 7) is 0. The summed E-state index contributed by atoms with van der Waals surface area (Å²) in [5.74, 6) is 0. The van der Waals surface area contributed by atoms with Gasteiger partial charge in [0.25, 0.3) is 0 Å². The molecule has 1 N–H and O–H groups in total. The Morgan fingerprint density at radius 1 is 0.600 bits per heavy atom. The van der Waals surface area contributed by atoms with E-state index in [4.69, 9.17) is 12.6 Å². The molecule has 2 aromatic heterocycles. The predicted octanol–water partition coefficient (Wildman–Crippen LogP) is 10.7. The Hall–Kier alpha value is -3.28.